The highest BCUT2D eigenvalue weighted by Gasteiger charge is 2.06. The van der Waals surface area contributed by atoms with Gasteiger partial charge in [-0.25, -0.2) is 0 Å². The lowest BCUT2D eigenvalue weighted by Crippen LogP contribution is -2.07. The molecule has 0 aliphatic rings. The fraction of sp³-hybridized carbons (Fsp3) is 0.100. The van der Waals surface area contributed by atoms with Crippen molar-refractivity contribution in [3.8, 4) is 0 Å². The van der Waals surface area contributed by atoms with Gasteiger partial charge in [0.2, 0.25) is 0 Å². The molecule has 0 aliphatic heterocycles. The third kappa shape index (κ3) is 3.49. The van der Waals surface area contributed by atoms with Crippen molar-refractivity contribution < 1.29 is 0 Å². The Morgan fingerprint density at radius 3 is 2.68 bits per heavy atom. The van der Waals surface area contributed by atoms with Crippen molar-refractivity contribution in [1.29, 1.82) is 0 Å². The average Bonchev–Trinajstić information content (AvgIpc) is 3.14. The van der Waals surface area contributed by atoms with E-state index in [1.54, 1.807) is 6.20 Å². The van der Waals surface area contributed by atoms with Gasteiger partial charge in [0.25, 0.3) is 0 Å². The van der Waals surface area contributed by atoms with Crippen LogP contribution in [0.3, 0.4) is 0 Å². The molecule has 0 saturated carbocycles. The number of hydrogen-bond donors (Lipinski definition) is 1. The summed E-state index contributed by atoms with van der Waals surface area (Å²) in [5, 5.41) is 9.56. The number of rotatable bonds is 5. The zero-order valence-electron chi connectivity index (χ0n) is 13.6. The number of hydrogen-bond acceptors (Lipinski definition) is 3. The molecule has 0 fully saturated rings. The third-order valence-corrected chi connectivity index (χ3v) is 4.42. The predicted octanol–water partition coefficient (Wildman–Crippen LogP) is 4.75. The zero-order valence-corrected chi connectivity index (χ0v) is 14.3. The Hall–Kier alpha value is -2.85. The summed E-state index contributed by atoms with van der Waals surface area (Å²) in [6, 6.07) is 18.1. The molecule has 1 N–H and O–H groups in total. The summed E-state index contributed by atoms with van der Waals surface area (Å²) in [6.07, 6.45) is 5.59. The van der Waals surface area contributed by atoms with E-state index in [-0.39, 0.29) is 0 Å². The average molecular weight is 349 g/mol. The monoisotopic (exact) mass is 348 g/mol. The van der Waals surface area contributed by atoms with Crippen LogP contribution in [0.15, 0.2) is 73.2 Å². The number of pyridine rings is 1. The van der Waals surface area contributed by atoms with Crippen LogP contribution < -0.4 is 5.32 Å². The van der Waals surface area contributed by atoms with Crippen LogP contribution in [0, 0.1) is 0 Å². The van der Waals surface area contributed by atoms with E-state index in [0.717, 1.165) is 29.7 Å². The first kappa shape index (κ1) is 15.7. The molecule has 0 radical (unpaired) electrons. The molecule has 2 aromatic carbocycles. The van der Waals surface area contributed by atoms with E-state index in [1.807, 2.05) is 47.4 Å². The molecule has 124 valence electrons. The van der Waals surface area contributed by atoms with Gasteiger partial charge < -0.3 is 5.32 Å². The first-order valence-electron chi connectivity index (χ1n) is 8.12. The van der Waals surface area contributed by atoms with Crippen molar-refractivity contribution in [2.45, 2.75) is 13.1 Å². The van der Waals surface area contributed by atoms with Crippen LogP contribution in [0.2, 0.25) is 5.02 Å². The van der Waals surface area contributed by atoms with Crippen molar-refractivity contribution >= 4 is 28.2 Å². The van der Waals surface area contributed by atoms with E-state index in [4.69, 9.17) is 11.6 Å². The summed E-state index contributed by atoms with van der Waals surface area (Å²) in [5.41, 5.74) is 4.45. The minimum atomic E-state index is 0.711. The Kier molecular flexibility index (Phi) is 4.36. The lowest BCUT2D eigenvalue weighted by molar-refractivity contribution is 0.682. The molecule has 4 nitrogen and oxygen atoms in total. The van der Waals surface area contributed by atoms with Gasteiger partial charge in [0.15, 0.2) is 0 Å². The maximum atomic E-state index is 6.15. The Bertz CT molecular complexity index is 996. The summed E-state index contributed by atoms with van der Waals surface area (Å²) < 4.78 is 1.93. The molecule has 0 unspecified atom stereocenters. The first-order chi connectivity index (χ1) is 12.3. The molecule has 4 rings (SSSR count). The number of halogens is 1. The standard InChI is InChI=1S/C20H17ClN4/c21-17-6-7-19-18(12-17)20(8-10-22-19)23-13-15-4-1-2-5-16(15)14-25-11-3-9-24-25/h1-12H,13-14H2,(H,22,23). The van der Waals surface area contributed by atoms with E-state index >= 15 is 0 Å². The minimum absolute atomic E-state index is 0.711. The molecular weight excluding hydrogens is 332 g/mol. The van der Waals surface area contributed by atoms with Gasteiger partial charge in [0.1, 0.15) is 0 Å². The third-order valence-electron chi connectivity index (χ3n) is 4.18. The lowest BCUT2D eigenvalue weighted by atomic mass is 10.1. The molecule has 0 saturated heterocycles. The summed E-state index contributed by atoms with van der Waals surface area (Å²) in [5.74, 6) is 0. The van der Waals surface area contributed by atoms with Crippen LogP contribution in [0.5, 0.6) is 0 Å². The smallest absolute Gasteiger partial charge is 0.0723 e. The second-order valence-corrected chi connectivity index (χ2v) is 6.28. The number of fused-ring (bicyclic) bond motifs is 1. The van der Waals surface area contributed by atoms with Gasteiger partial charge in [-0.15, -0.1) is 0 Å². The second-order valence-electron chi connectivity index (χ2n) is 5.85. The summed E-state index contributed by atoms with van der Waals surface area (Å²) in [4.78, 5) is 4.40. The minimum Gasteiger partial charge on any atom is -0.380 e. The largest absolute Gasteiger partial charge is 0.380 e. The van der Waals surface area contributed by atoms with Crippen molar-refractivity contribution in [1.82, 2.24) is 14.8 Å². The number of nitrogens with one attached hydrogen (secondary N) is 1. The van der Waals surface area contributed by atoms with Gasteiger partial charge in [-0.3, -0.25) is 9.67 Å². The van der Waals surface area contributed by atoms with Gasteiger partial charge in [-0.05, 0) is 41.5 Å². The van der Waals surface area contributed by atoms with E-state index in [2.05, 4.69) is 39.7 Å². The van der Waals surface area contributed by atoms with Crippen molar-refractivity contribution in [3.05, 3.63) is 89.3 Å². The van der Waals surface area contributed by atoms with E-state index in [1.165, 1.54) is 11.1 Å². The van der Waals surface area contributed by atoms with Crippen molar-refractivity contribution in [2.75, 3.05) is 5.32 Å². The van der Waals surface area contributed by atoms with Gasteiger partial charge in [0.05, 0.1) is 12.1 Å². The Balaban J connectivity index is 1.59. The highest BCUT2D eigenvalue weighted by molar-refractivity contribution is 6.31. The van der Waals surface area contributed by atoms with Gasteiger partial charge >= 0.3 is 0 Å². The van der Waals surface area contributed by atoms with Crippen LogP contribution in [0.25, 0.3) is 10.9 Å². The topological polar surface area (TPSA) is 42.7 Å². The fourth-order valence-electron chi connectivity index (χ4n) is 2.92. The fourth-order valence-corrected chi connectivity index (χ4v) is 3.09. The molecule has 0 spiro atoms. The van der Waals surface area contributed by atoms with Crippen LogP contribution in [-0.4, -0.2) is 14.8 Å². The molecule has 2 aromatic heterocycles. The molecule has 4 aromatic rings. The lowest BCUT2D eigenvalue weighted by Gasteiger charge is -2.13. The molecule has 0 aliphatic carbocycles. The SMILES string of the molecule is Clc1ccc2nccc(NCc3ccccc3Cn3cccn3)c2c1. The number of anilines is 1. The number of nitrogens with zero attached hydrogens (tertiary/aromatic N) is 3. The zero-order chi connectivity index (χ0) is 17.1. The second kappa shape index (κ2) is 6.95. The Morgan fingerprint density at radius 1 is 0.960 bits per heavy atom. The molecular formula is C20H17ClN4. The maximum absolute atomic E-state index is 6.15. The first-order valence-corrected chi connectivity index (χ1v) is 8.50. The normalized spacial score (nSPS) is 10.9. The highest BCUT2D eigenvalue weighted by Crippen LogP contribution is 2.25. The van der Waals surface area contributed by atoms with Crippen molar-refractivity contribution in [2.24, 2.45) is 0 Å². The van der Waals surface area contributed by atoms with Crippen molar-refractivity contribution in [3.63, 3.8) is 0 Å². The number of aromatic nitrogens is 3. The van der Waals surface area contributed by atoms with Crippen LogP contribution >= 0.6 is 11.6 Å². The van der Waals surface area contributed by atoms with Gasteiger partial charge in [0, 0.05) is 41.2 Å². The van der Waals surface area contributed by atoms with Crippen LogP contribution in [0.1, 0.15) is 11.1 Å². The molecule has 2 heterocycles. The summed E-state index contributed by atoms with van der Waals surface area (Å²) in [6.45, 7) is 1.48. The van der Waals surface area contributed by atoms with E-state index in [0.29, 0.717) is 5.02 Å². The van der Waals surface area contributed by atoms with E-state index < -0.39 is 0 Å². The molecule has 0 bridgehead atoms. The molecule has 0 atom stereocenters. The molecule has 5 heteroatoms. The Morgan fingerprint density at radius 2 is 1.84 bits per heavy atom. The summed E-state index contributed by atoms with van der Waals surface area (Å²) in [7, 11) is 0. The van der Waals surface area contributed by atoms with Crippen LogP contribution in [0.4, 0.5) is 5.69 Å². The van der Waals surface area contributed by atoms with E-state index in [9.17, 15) is 0 Å². The summed E-state index contributed by atoms with van der Waals surface area (Å²) >= 11 is 6.15. The maximum Gasteiger partial charge on any atom is 0.0723 e. The molecule has 25 heavy (non-hydrogen) atoms. The number of benzene rings is 2. The molecule has 0 amide bonds. The quantitative estimate of drug-likeness (QED) is 0.566. The predicted molar refractivity (Wildman–Crippen MR) is 102 cm³/mol. The van der Waals surface area contributed by atoms with Crippen LogP contribution in [-0.2, 0) is 13.1 Å². The van der Waals surface area contributed by atoms with Gasteiger partial charge in [-0.1, -0.05) is 35.9 Å². The highest BCUT2D eigenvalue weighted by atomic mass is 35.5. The van der Waals surface area contributed by atoms with Gasteiger partial charge in [-0.2, -0.15) is 5.10 Å². The Labute approximate surface area is 151 Å².